The van der Waals surface area contributed by atoms with Crippen molar-refractivity contribution in [2.24, 2.45) is 11.3 Å². The van der Waals surface area contributed by atoms with Crippen molar-refractivity contribution in [1.29, 1.82) is 0 Å². The van der Waals surface area contributed by atoms with Crippen molar-refractivity contribution in [3.8, 4) is 17.1 Å². The molecular weight excluding hydrogens is 552 g/mol. The minimum absolute atomic E-state index is 0.00105. The van der Waals surface area contributed by atoms with Crippen molar-refractivity contribution in [3.63, 3.8) is 0 Å². The molecule has 4 aromatic rings. The van der Waals surface area contributed by atoms with Crippen LogP contribution in [-0.2, 0) is 17.9 Å². The zero-order valence-electron chi connectivity index (χ0n) is 26.4. The third-order valence-electron chi connectivity index (χ3n) is 8.17. The molecule has 0 N–H and O–H groups in total. The summed E-state index contributed by atoms with van der Waals surface area (Å²) in [5.74, 6) is 2.04. The van der Waals surface area contributed by atoms with Crippen LogP contribution in [-0.4, -0.2) is 55.9 Å². The molecule has 1 saturated heterocycles. The van der Waals surface area contributed by atoms with Gasteiger partial charge in [0.1, 0.15) is 12.4 Å². The van der Waals surface area contributed by atoms with Gasteiger partial charge in [-0.1, -0.05) is 76.6 Å². The van der Waals surface area contributed by atoms with Crippen molar-refractivity contribution in [1.82, 2.24) is 30.1 Å². The molecule has 232 valence electrons. The minimum atomic E-state index is -0.196. The van der Waals surface area contributed by atoms with E-state index in [4.69, 9.17) is 9.47 Å². The molecule has 0 radical (unpaired) electrons. The summed E-state index contributed by atoms with van der Waals surface area (Å²) >= 11 is 0. The Balaban J connectivity index is 1.18. The molecule has 0 saturated carbocycles. The van der Waals surface area contributed by atoms with Gasteiger partial charge in [-0.2, -0.15) is 4.80 Å². The maximum atomic E-state index is 12.2. The summed E-state index contributed by atoms with van der Waals surface area (Å²) in [5.41, 5.74) is 4.31. The van der Waals surface area contributed by atoms with Gasteiger partial charge in [-0.15, -0.1) is 10.2 Å². The summed E-state index contributed by atoms with van der Waals surface area (Å²) in [6.45, 7) is 11.9. The number of hydrogen-bond donors (Lipinski definition) is 0. The summed E-state index contributed by atoms with van der Waals surface area (Å²) in [6, 6.07) is 22.7. The standard InChI is InChI=1S/C35H44N6O3/c1-5-6-23-43-34(42)40-21-18-26(19-22-40)24-41-38-33(37-39-41)29-12-10-27(11-13-29)32(35(2,3)4)28-14-16-31(17-15-28)44-25-30-9-7-8-20-36-30/h7-17,20,26,32H,5-6,18-19,21-25H2,1-4H3. The quantitative estimate of drug-likeness (QED) is 0.170. The molecule has 0 bridgehead atoms. The number of unbranched alkanes of at least 4 members (excludes halogenated alkanes) is 1. The summed E-state index contributed by atoms with van der Waals surface area (Å²) in [6.07, 6.45) is 5.31. The second kappa shape index (κ2) is 14.5. The van der Waals surface area contributed by atoms with Gasteiger partial charge in [0.25, 0.3) is 0 Å². The summed E-state index contributed by atoms with van der Waals surface area (Å²) in [7, 11) is 0. The summed E-state index contributed by atoms with van der Waals surface area (Å²) in [5, 5.41) is 13.4. The van der Waals surface area contributed by atoms with Crippen LogP contribution in [0.4, 0.5) is 4.79 Å². The van der Waals surface area contributed by atoms with Crippen LogP contribution in [0, 0.1) is 11.3 Å². The first-order chi connectivity index (χ1) is 21.3. The number of aromatic nitrogens is 5. The topological polar surface area (TPSA) is 95.3 Å². The number of tetrazole rings is 1. The lowest BCUT2D eigenvalue weighted by Crippen LogP contribution is -2.39. The maximum Gasteiger partial charge on any atom is 0.409 e. The van der Waals surface area contributed by atoms with Crippen LogP contribution in [0.3, 0.4) is 0 Å². The molecule has 0 aliphatic carbocycles. The number of carbonyl (C=O) groups excluding carboxylic acids is 1. The Kier molecular flexibility index (Phi) is 10.2. The van der Waals surface area contributed by atoms with E-state index in [9.17, 15) is 4.79 Å². The fourth-order valence-electron chi connectivity index (χ4n) is 5.77. The van der Waals surface area contributed by atoms with Gasteiger partial charge in [-0.05, 0) is 71.2 Å². The smallest absolute Gasteiger partial charge is 0.409 e. The monoisotopic (exact) mass is 596 g/mol. The Bertz CT molecular complexity index is 1460. The minimum Gasteiger partial charge on any atom is -0.487 e. The van der Waals surface area contributed by atoms with Gasteiger partial charge in [0.15, 0.2) is 0 Å². The van der Waals surface area contributed by atoms with Crippen molar-refractivity contribution in [3.05, 3.63) is 89.7 Å². The number of piperidine rings is 1. The van der Waals surface area contributed by atoms with E-state index < -0.39 is 0 Å². The van der Waals surface area contributed by atoms with Crippen molar-refractivity contribution in [2.45, 2.75) is 72.4 Å². The van der Waals surface area contributed by atoms with E-state index in [1.54, 1.807) is 11.0 Å². The first-order valence-corrected chi connectivity index (χ1v) is 15.7. The second-order valence-electron chi connectivity index (χ2n) is 12.7. The average molecular weight is 597 g/mol. The molecule has 2 aromatic heterocycles. The predicted octanol–water partition coefficient (Wildman–Crippen LogP) is 7.14. The van der Waals surface area contributed by atoms with E-state index in [0.717, 1.165) is 42.7 Å². The van der Waals surface area contributed by atoms with Crippen LogP contribution in [0.5, 0.6) is 5.75 Å². The van der Waals surface area contributed by atoms with Crippen LogP contribution in [0.2, 0.25) is 0 Å². The highest BCUT2D eigenvalue weighted by Crippen LogP contribution is 2.41. The van der Waals surface area contributed by atoms with Gasteiger partial charge >= 0.3 is 6.09 Å². The number of nitrogens with zero attached hydrogens (tertiary/aromatic N) is 6. The highest BCUT2D eigenvalue weighted by atomic mass is 16.6. The fourth-order valence-corrected chi connectivity index (χ4v) is 5.77. The van der Waals surface area contributed by atoms with Crippen LogP contribution in [0.1, 0.15) is 76.1 Å². The van der Waals surface area contributed by atoms with Gasteiger partial charge in [0.2, 0.25) is 5.82 Å². The van der Waals surface area contributed by atoms with Crippen LogP contribution >= 0.6 is 0 Å². The molecule has 9 heteroatoms. The molecule has 1 aliphatic heterocycles. The Morgan fingerprint density at radius 2 is 1.68 bits per heavy atom. The predicted molar refractivity (Wildman–Crippen MR) is 170 cm³/mol. The van der Waals surface area contributed by atoms with Gasteiger partial charge in [0.05, 0.1) is 18.8 Å². The SMILES string of the molecule is CCCCOC(=O)N1CCC(Cn2nnc(-c3ccc(C(c4ccc(OCc5ccccn5)cc4)C(C)(C)C)cc3)n2)CC1. The summed E-state index contributed by atoms with van der Waals surface area (Å²) in [4.78, 5) is 20.1. The van der Waals surface area contributed by atoms with Crippen molar-refractivity contribution >= 4 is 6.09 Å². The van der Waals surface area contributed by atoms with E-state index in [-0.39, 0.29) is 17.4 Å². The molecule has 1 unspecified atom stereocenters. The van der Waals surface area contributed by atoms with Gasteiger partial charge in [0, 0.05) is 30.8 Å². The number of pyridine rings is 1. The van der Waals surface area contributed by atoms with E-state index in [1.807, 2.05) is 35.2 Å². The number of amides is 1. The number of carbonyl (C=O) groups is 1. The normalized spacial score (nSPS) is 14.8. The van der Waals surface area contributed by atoms with E-state index in [0.29, 0.717) is 44.6 Å². The number of benzene rings is 2. The molecule has 1 amide bonds. The molecule has 9 nitrogen and oxygen atoms in total. The first kappa shape index (κ1) is 31.2. The molecule has 5 rings (SSSR count). The summed E-state index contributed by atoms with van der Waals surface area (Å²) < 4.78 is 11.3. The van der Waals surface area contributed by atoms with Gasteiger partial charge < -0.3 is 14.4 Å². The Hall–Kier alpha value is -4.27. The largest absolute Gasteiger partial charge is 0.487 e. The molecule has 2 aromatic carbocycles. The average Bonchev–Trinajstić information content (AvgIpc) is 3.50. The lowest BCUT2D eigenvalue weighted by Gasteiger charge is -2.32. The molecular formula is C35H44N6O3. The molecule has 1 atom stereocenters. The number of rotatable bonds is 11. The van der Waals surface area contributed by atoms with Crippen LogP contribution in [0.25, 0.3) is 11.4 Å². The Labute approximate surface area is 260 Å². The lowest BCUT2D eigenvalue weighted by atomic mass is 9.72. The van der Waals surface area contributed by atoms with Crippen molar-refractivity contribution < 1.29 is 14.3 Å². The third-order valence-corrected chi connectivity index (χ3v) is 8.17. The maximum absolute atomic E-state index is 12.2. The molecule has 44 heavy (non-hydrogen) atoms. The molecule has 0 spiro atoms. The zero-order valence-corrected chi connectivity index (χ0v) is 26.4. The number of hydrogen-bond acceptors (Lipinski definition) is 7. The number of likely N-dealkylation sites (tertiary alicyclic amines) is 1. The highest BCUT2D eigenvalue weighted by Gasteiger charge is 2.28. The van der Waals surface area contributed by atoms with Gasteiger partial charge in [-0.25, -0.2) is 4.79 Å². The second-order valence-corrected chi connectivity index (χ2v) is 12.7. The van der Waals surface area contributed by atoms with Crippen LogP contribution < -0.4 is 4.74 Å². The third kappa shape index (κ3) is 8.21. The Morgan fingerprint density at radius 1 is 0.977 bits per heavy atom. The molecule has 1 fully saturated rings. The van der Waals surface area contributed by atoms with Crippen LogP contribution in [0.15, 0.2) is 72.9 Å². The first-order valence-electron chi connectivity index (χ1n) is 15.7. The fraction of sp³-hybridized carbons (Fsp3) is 0.457. The van der Waals surface area contributed by atoms with Crippen molar-refractivity contribution in [2.75, 3.05) is 19.7 Å². The zero-order chi connectivity index (χ0) is 30.9. The van der Waals surface area contributed by atoms with Gasteiger partial charge in [-0.3, -0.25) is 4.98 Å². The molecule has 3 heterocycles. The van der Waals surface area contributed by atoms with E-state index in [1.165, 1.54) is 11.1 Å². The van der Waals surface area contributed by atoms with E-state index >= 15 is 0 Å². The lowest BCUT2D eigenvalue weighted by molar-refractivity contribution is 0.0840. The number of ether oxygens (including phenoxy) is 2. The highest BCUT2D eigenvalue weighted by molar-refractivity contribution is 5.67. The molecule has 1 aliphatic rings. The van der Waals surface area contributed by atoms with E-state index in [2.05, 4.69) is 84.5 Å². The Morgan fingerprint density at radius 3 is 2.32 bits per heavy atom.